The van der Waals surface area contributed by atoms with Crippen molar-refractivity contribution in [3.8, 4) is 0 Å². The fraction of sp³-hybridized carbons (Fsp3) is 0.167. The summed E-state index contributed by atoms with van der Waals surface area (Å²) in [6.45, 7) is 1.77. The third-order valence-corrected chi connectivity index (χ3v) is 2.77. The first kappa shape index (κ1) is 14.8. The molecule has 110 valence electrons. The normalized spacial score (nSPS) is 14.2. The van der Waals surface area contributed by atoms with Crippen LogP contribution in [0.3, 0.4) is 0 Å². The zero-order valence-corrected chi connectivity index (χ0v) is 11.6. The van der Waals surface area contributed by atoms with Gasteiger partial charge < -0.3 is 4.74 Å². The Kier molecular flexibility index (Phi) is 4.08. The molecule has 0 atom stereocenters. The molecule has 5 amide bonds. The van der Waals surface area contributed by atoms with Crippen LogP contribution in [-0.2, 0) is 14.3 Å². The first-order chi connectivity index (χ1) is 9.93. The minimum Gasteiger partial charge on any atom is -0.450 e. The molecule has 0 radical (unpaired) electrons. The molecule has 21 heavy (non-hydrogen) atoms. The lowest BCUT2D eigenvalue weighted by atomic mass is 10.2. The molecule has 1 aromatic rings. The Balaban J connectivity index is 2.40. The topological polar surface area (TPSA) is 105 Å². The summed E-state index contributed by atoms with van der Waals surface area (Å²) in [6, 6.07) is 3.20. The van der Waals surface area contributed by atoms with Gasteiger partial charge in [0.15, 0.2) is 0 Å². The zero-order chi connectivity index (χ0) is 15.6. The lowest BCUT2D eigenvalue weighted by Gasteiger charge is -2.17. The van der Waals surface area contributed by atoms with E-state index in [4.69, 9.17) is 16.3 Å². The van der Waals surface area contributed by atoms with Gasteiger partial charge in [-0.25, -0.2) is 14.5 Å². The van der Waals surface area contributed by atoms with Crippen LogP contribution in [0.25, 0.3) is 0 Å². The maximum absolute atomic E-state index is 11.7. The molecule has 1 fully saturated rings. The molecule has 1 aliphatic rings. The largest absolute Gasteiger partial charge is 0.450 e. The van der Waals surface area contributed by atoms with E-state index in [9.17, 15) is 19.2 Å². The minimum atomic E-state index is -1.06. The molecule has 1 aliphatic heterocycles. The minimum absolute atomic E-state index is 0.0242. The molecular weight excluding hydrogens is 302 g/mol. The number of carbonyl (C=O) groups excluding carboxylic acids is 4. The van der Waals surface area contributed by atoms with Crippen molar-refractivity contribution in [1.29, 1.82) is 0 Å². The van der Waals surface area contributed by atoms with Gasteiger partial charge in [-0.3, -0.25) is 20.2 Å². The zero-order valence-electron chi connectivity index (χ0n) is 10.8. The fourth-order valence-electron chi connectivity index (χ4n) is 1.69. The number of hydrogen-bond acceptors (Lipinski definition) is 5. The number of hydrogen-bond donors (Lipinski definition) is 2. The van der Waals surface area contributed by atoms with Crippen LogP contribution >= 0.6 is 11.6 Å². The number of urea groups is 1. The Bertz CT molecular complexity index is 646. The van der Waals surface area contributed by atoms with Crippen molar-refractivity contribution < 1.29 is 23.9 Å². The first-order valence-corrected chi connectivity index (χ1v) is 6.24. The van der Waals surface area contributed by atoms with Crippen LogP contribution in [0.15, 0.2) is 18.2 Å². The number of imide groups is 2. The van der Waals surface area contributed by atoms with Gasteiger partial charge in [0.1, 0.15) is 0 Å². The Morgan fingerprint density at radius 1 is 1.38 bits per heavy atom. The van der Waals surface area contributed by atoms with E-state index in [0.29, 0.717) is 4.90 Å². The number of rotatable bonds is 3. The molecule has 1 aromatic carbocycles. The van der Waals surface area contributed by atoms with Crippen molar-refractivity contribution in [2.75, 3.05) is 16.8 Å². The number of nitrogens with one attached hydrogen (secondary N) is 2. The maximum Gasteiger partial charge on any atom is 0.411 e. The van der Waals surface area contributed by atoms with Crippen LogP contribution in [0.2, 0.25) is 5.02 Å². The standard InChI is InChI=1S/C12H10ClN3O5/c1-2-21-12(20)14-7-4-3-6(13)5-8(7)16-10(18)9(17)15-11(16)19/h3-5H,2H2,1H3,(H,14,20)(H,15,17,19). The average Bonchev–Trinajstić information content (AvgIpc) is 2.66. The van der Waals surface area contributed by atoms with Gasteiger partial charge in [-0.05, 0) is 25.1 Å². The molecule has 0 bridgehead atoms. The highest BCUT2D eigenvalue weighted by molar-refractivity contribution is 6.53. The number of carbonyl (C=O) groups is 4. The van der Waals surface area contributed by atoms with Crippen molar-refractivity contribution in [2.45, 2.75) is 6.92 Å². The molecule has 2 rings (SSSR count). The van der Waals surface area contributed by atoms with E-state index in [0.717, 1.165) is 0 Å². The predicted octanol–water partition coefficient (Wildman–Crippen LogP) is 1.49. The number of nitrogens with zero attached hydrogens (tertiary/aromatic N) is 1. The molecule has 8 nitrogen and oxygen atoms in total. The first-order valence-electron chi connectivity index (χ1n) is 5.86. The van der Waals surface area contributed by atoms with Crippen LogP contribution in [-0.4, -0.2) is 30.5 Å². The molecule has 2 N–H and O–H groups in total. The van der Waals surface area contributed by atoms with Crippen molar-refractivity contribution in [2.24, 2.45) is 0 Å². The number of benzene rings is 1. The third kappa shape index (κ3) is 2.95. The van der Waals surface area contributed by atoms with Crippen molar-refractivity contribution >= 4 is 46.9 Å². The molecule has 1 heterocycles. The highest BCUT2D eigenvalue weighted by atomic mass is 35.5. The lowest BCUT2D eigenvalue weighted by molar-refractivity contribution is -0.134. The molecule has 9 heteroatoms. The highest BCUT2D eigenvalue weighted by Gasteiger charge is 2.39. The summed E-state index contributed by atoms with van der Waals surface area (Å²) in [5, 5.41) is 4.44. The Morgan fingerprint density at radius 3 is 2.67 bits per heavy atom. The molecule has 0 spiro atoms. The number of ether oxygens (including phenoxy) is 1. The summed E-state index contributed by atoms with van der Waals surface area (Å²) in [5.41, 5.74) is 0.0833. The van der Waals surface area contributed by atoms with E-state index in [-0.39, 0.29) is 23.0 Å². The van der Waals surface area contributed by atoms with Gasteiger partial charge in [0, 0.05) is 5.02 Å². The summed E-state index contributed by atoms with van der Waals surface area (Å²) < 4.78 is 4.71. The van der Waals surface area contributed by atoms with Gasteiger partial charge in [0.25, 0.3) is 0 Å². The smallest absolute Gasteiger partial charge is 0.411 e. The molecule has 0 aromatic heterocycles. The van der Waals surface area contributed by atoms with E-state index in [2.05, 4.69) is 5.32 Å². The van der Waals surface area contributed by atoms with E-state index < -0.39 is 23.9 Å². The third-order valence-electron chi connectivity index (χ3n) is 2.53. The van der Waals surface area contributed by atoms with E-state index in [1.807, 2.05) is 5.32 Å². The lowest BCUT2D eigenvalue weighted by Crippen LogP contribution is -2.32. The van der Waals surface area contributed by atoms with Gasteiger partial charge in [0.2, 0.25) is 0 Å². The second kappa shape index (κ2) is 5.80. The van der Waals surface area contributed by atoms with Crippen molar-refractivity contribution in [3.63, 3.8) is 0 Å². The monoisotopic (exact) mass is 311 g/mol. The molecular formula is C12H10ClN3O5. The molecule has 0 aliphatic carbocycles. The summed E-state index contributed by atoms with van der Waals surface area (Å²) in [6.07, 6.45) is -0.764. The van der Waals surface area contributed by atoms with Gasteiger partial charge in [-0.1, -0.05) is 11.6 Å². The van der Waals surface area contributed by atoms with Crippen LogP contribution in [0.4, 0.5) is 21.0 Å². The Morgan fingerprint density at radius 2 is 2.10 bits per heavy atom. The molecule has 0 unspecified atom stereocenters. The highest BCUT2D eigenvalue weighted by Crippen LogP contribution is 2.31. The van der Waals surface area contributed by atoms with Crippen molar-refractivity contribution in [1.82, 2.24) is 5.32 Å². The van der Waals surface area contributed by atoms with E-state index in [1.165, 1.54) is 18.2 Å². The SMILES string of the molecule is CCOC(=O)Nc1ccc(Cl)cc1N1C(=O)NC(=O)C1=O. The van der Waals surface area contributed by atoms with Crippen molar-refractivity contribution in [3.05, 3.63) is 23.2 Å². The number of anilines is 2. The van der Waals surface area contributed by atoms with Crippen LogP contribution in [0, 0.1) is 0 Å². The summed E-state index contributed by atoms with van der Waals surface area (Å²) in [4.78, 5) is 46.6. The number of amides is 5. The fourth-order valence-corrected chi connectivity index (χ4v) is 1.86. The Labute approximate surface area is 124 Å². The second-order valence-corrected chi connectivity index (χ2v) is 4.34. The van der Waals surface area contributed by atoms with E-state index in [1.54, 1.807) is 6.92 Å². The summed E-state index contributed by atoms with van der Waals surface area (Å²) in [7, 11) is 0. The molecule has 1 saturated heterocycles. The van der Waals surface area contributed by atoms with Gasteiger partial charge in [-0.15, -0.1) is 0 Å². The van der Waals surface area contributed by atoms with Crippen LogP contribution in [0.5, 0.6) is 0 Å². The summed E-state index contributed by atoms with van der Waals surface area (Å²) in [5.74, 6) is -2.11. The van der Waals surface area contributed by atoms with Crippen LogP contribution < -0.4 is 15.5 Å². The second-order valence-electron chi connectivity index (χ2n) is 3.91. The maximum atomic E-state index is 11.7. The van der Waals surface area contributed by atoms with Gasteiger partial charge in [0.05, 0.1) is 18.0 Å². The predicted molar refractivity (Wildman–Crippen MR) is 73.1 cm³/mol. The molecule has 0 saturated carbocycles. The summed E-state index contributed by atoms with van der Waals surface area (Å²) >= 11 is 5.83. The quantitative estimate of drug-likeness (QED) is 0.650. The Hall–Kier alpha value is -2.61. The average molecular weight is 312 g/mol. The van der Waals surface area contributed by atoms with Gasteiger partial charge in [-0.2, -0.15) is 0 Å². The van der Waals surface area contributed by atoms with E-state index >= 15 is 0 Å². The number of halogens is 1. The van der Waals surface area contributed by atoms with Gasteiger partial charge >= 0.3 is 23.9 Å². The van der Waals surface area contributed by atoms with Crippen LogP contribution in [0.1, 0.15) is 6.92 Å².